The van der Waals surface area contributed by atoms with Crippen LogP contribution in [0.15, 0.2) is 36.9 Å². The third-order valence-corrected chi connectivity index (χ3v) is 5.74. The first-order valence-electron chi connectivity index (χ1n) is 9.81. The van der Waals surface area contributed by atoms with Crippen molar-refractivity contribution in [2.24, 2.45) is 5.14 Å². The van der Waals surface area contributed by atoms with Crippen LogP contribution in [-0.4, -0.2) is 79.8 Å². The Labute approximate surface area is 187 Å². The fourth-order valence-corrected chi connectivity index (χ4v) is 3.93. The molecule has 3 heterocycles. The number of nitrogens with zero attached hydrogens (tertiary/aromatic N) is 4. The van der Waals surface area contributed by atoms with E-state index >= 15 is 0 Å². The lowest BCUT2D eigenvalue weighted by Gasteiger charge is -2.17. The summed E-state index contributed by atoms with van der Waals surface area (Å²) in [6.45, 7) is -0.278. The molecule has 14 nitrogen and oxygen atoms in total. The molecule has 178 valence electrons. The number of benzene rings is 1. The van der Waals surface area contributed by atoms with Crippen molar-refractivity contribution in [1.82, 2.24) is 24.2 Å². The van der Waals surface area contributed by atoms with E-state index in [4.69, 9.17) is 9.88 Å². The molecule has 4 rings (SSSR count). The van der Waals surface area contributed by atoms with Gasteiger partial charge >= 0.3 is 0 Å². The molecule has 3 aromatic rings. The molecule has 0 spiro atoms. The first-order chi connectivity index (χ1) is 15.6. The molecule has 0 saturated carbocycles. The normalized spacial score (nSPS) is 24.2. The maximum Gasteiger partial charge on any atom is 0.274 e. The molecule has 1 aliphatic heterocycles. The Balaban J connectivity index is 1.51. The Kier molecular flexibility index (Phi) is 6.44. The molecule has 1 fully saturated rings. The molecule has 2 aromatic heterocycles. The van der Waals surface area contributed by atoms with Gasteiger partial charge in [0.2, 0.25) is 0 Å². The van der Waals surface area contributed by atoms with Crippen LogP contribution in [0.2, 0.25) is 0 Å². The average Bonchev–Trinajstić information content (AvgIpc) is 3.31. The van der Waals surface area contributed by atoms with E-state index in [2.05, 4.69) is 20.3 Å². The van der Waals surface area contributed by atoms with Crippen molar-refractivity contribution in [3.05, 3.63) is 42.5 Å². The number of imidazole rings is 1. The molecule has 1 saturated heterocycles. The predicted molar refractivity (Wildman–Crippen MR) is 114 cm³/mol. The summed E-state index contributed by atoms with van der Waals surface area (Å²) in [6.07, 6.45) is -3.29. The highest BCUT2D eigenvalue weighted by molar-refractivity contribution is 7.87. The van der Waals surface area contributed by atoms with Crippen LogP contribution >= 0.6 is 0 Å². The minimum absolute atomic E-state index is 0.0320. The van der Waals surface area contributed by atoms with E-state index < -0.39 is 40.9 Å². The van der Waals surface area contributed by atoms with Gasteiger partial charge in [0.25, 0.3) is 10.2 Å². The summed E-state index contributed by atoms with van der Waals surface area (Å²) in [5.74, 6) is 0.336. The van der Waals surface area contributed by atoms with Crippen LogP contribution in [0, 0.1) is 0 Å². The van der Waals surface area contributed by atoms with Crippen molar-refractivity contribution in [2.75, 3.05) is 18.4 Å². The van der Waals surface area contributed by atoms with Crippen molar-refractivity contribution in [3.63, 3.8) is 0 Å². The van der Waals surface area contributed by atoms with Gasteiger partial charge in [0.15, 0.2) is 23.2 Å². The minimum atomic E-state index is -4.01. The van der Waals surface area contributed by atoms with Gasteiger partial charge in [0.05, 0.1) is 12.4 Å². The van der Waals surface area contributed by atoms with Crippen molar-refractivity contribution in [3.8, 4) is 5.75 Å². The number of hydrogen-bond donors (Lipinski definition) is 7. The number of ether oxygens (including phenoxy) is 1. The Morgan fingerprint density at radius 2 is 2.00 bits per heavy atom. The third-order valence-electron chi connectivity index (χ3n) is 5.17. The quantitative estimate of drug-likeness (QED) is 0.188. The highest BCUT2D eigenvalue weighted by Gasteiger charge is 2.44. The molecule has 5 atom stereocenters. The number of nitrogens with one attached hydrogen (secondary N) is 2. The minimum Gasteiger partial charge on any atom is -0.508 e. The van der Waals surface area contributed by atoms with Crippen LogP contribution in [-0.2, 0) is 14.9 Å². The summed E-state index contributed by atoms with van der Waals surface area (Å²) >= 11 is 0. The van der Waals surface area contributed by atoms with Gasteiger partial charge in [-0.05, 0) is 17.7 Å². The van der Waals surface area contributed by atoms with E-state index in [0.717, 1.165) is 0 Å². The zero-order valence-corrected chi connectivity index (χ0v) is 17.9. The van der Waals surface area contributed by atoms with E-state index in [9.17, 15) is 28.8 Å². The zero-order valence-electron chi connectivity index (χ0n) is 17.1. The van der Waals surface area contributed by atoms with Crippen LogP contribution < -0.4 is 15.2 Å². The first-order valence-corrected chi connectivity index (χ1v) is 11.4. The second-order valence-corrected chi connectivity index (χ2v) is 8.86. The largest absolute Gasteiger partial charge is 0.508 e. The van der Waals surface area contributed by atoms with Crippen LogP contribution in [0.25, 0.3) is 11.2 Å². The van der Waals surface area contributed by atoms with Gasteiger partial charge in [-0.2, -0.15) is 13.1 Å². The summed E-state index contributed by atoms with van der Waals surface area (Å²) in [5, 5.41) is 48.5. The molecule has 0 aliphatic carbocycles. The number of phenols is 1. The highest BCUT2D eigenvalue weighted by atomic mass is 32.2. The van der Waals surface area contributed by atoms with Gasteiger partial charge in [-0.3, -0.25) is 4.57 Å². The molecule has 8 N–H and O–H groups in total. The number of aromatic nitrogens is 4. The monoisotopic (exact) mass is 481 g/mol. The lowest BCUT2D eigenvalue weighted by atomic mass is 10.1. The molecule has 15 heteroatoms. The summed E-state index contributed by atoms with van der Waals surface area (Å²) in [6, 6.07) is 6.23. The molecule has 1 aromatic carbocycles. The van der Waals surface area contributed by atoms with Gasteiger partial charge in [-0.1, -0.05) is 12.1 Å². The number of rotatable bonds is 8. The number of phenolic OH excluding ortho intramolecular Hbond substituents is 1. The summed E-state index contributed by atoms with van der Waals surface area (Å²) in [4.78, 5) is 12.5. The molecule has 1 aliphatic rings. The molecule has 0 radical (unpaired) electrons. The number of aliphatic hydroxyl groups excluding tert-OH is 3. The fraction of sp³-hybridized carbons (Fsp3) is 0.389. The van der Waals surface area contributed by atoms with E-state index in [1.54, 1.807) is 12.1 Å². The standard InChI is InChI=1S/C18H23N7O7S/c19-33(30,31)24-6-12-14(28)15(29)18(32-12)25-8-23-13-16(21-7-22-17(13)25)20-5-11(27)9-2-1-3-10(26)4-9/h1-4,7-8,11-12,14-15,18,24,26-29H,5-6H2,(H2,19,30,31)(H,20,21,22)/t11-,12+,14?,15?,18+/m0/s1. The van der Waals surface area contributed by atoms with Gasteiger partial charge in [-0.15, -0.1) is 0 Å². The highest BCUT2D eigenvalue weighted by Crippen LogP contribution is 2.32. The maximum atomic E-state index is 11.1. The Hall–Kier alpha value is -2.92. The summed E-state index contributed by atoms with van der Waals surface area (Å²) in [7, 11) is -4.01. The van der Waals surface area contributed by atoms with Crippen molar-refractivity contribution in [1.29, 1.82) is 0 Å². The van der Waals surface area contributed by atoms with Gasteiger partial charge in [-0.25, -0.2) is 20.1 Å². The number of anilines is 1. The third kappa shape index (κ3) is 5.03. The van der Waals surface area contributed by atoms with Crippen molar-refractivity contribution < 1.29 is 33.6 Å². The predicted octanol–water partition coefficient (Wildman–Crippen LogP) is -1.91. The maximum absolute atomic E-state index is 11.1. The van der Waals surface area contributed by atoms with E-state index in [1.807, 2.05) is 4.72 Å². The van der Waals surface area contributed by atoms with Gasteiger partial charge < -0.3 is 30.5 Å². The van der Waals surface area contributed by atoms with Crippen molar-refractivity contribution in [2.45, 2.75) is 30.6 Å². The summed E-state index contributed by atoms with van der Waals surface area (Å²) in [5.41, 5.74) is 1.10. The number of hydrogen-bond acceptors (Lipinski definition) is 11. The Morgan fingerprint density at radius 3 is 2.73 bits per heavy atom. The first kappa shape index (κ1) is 23.2. The van der Waals surface area contributed by atoms with Crippen molar-refractivity contribution >= 4 is 27.2 Å². The van der Waals surface area contributed by atoms with E-state index in [0.29, 0.717) is 16.9 Å². The average molecular weight is 481 g/mol. The Bertz CT molecular complexity index is 1240. The number of fused-ring (bicyclic) bond motifs is 1. The van der Waals surface area contributed by atoms with Crippen LogP contribution in [0.5, 0.6) is 5.75 Å². The molecule has 0 bridgehead atoms. The van der Waals surface area contributed by atoms with E-state index in [-0.39, 0.29) is 24.5 Å². The van der Waals surface area contributed by atoms with E-state index in [1.165, 1.54) is 29.4 Å². The van der Waals surface area contributed by atoms with Crippen LogP contribution in [0.1, 0.15) is 17.9 Å². The summed E-state index contributed by atoms with van der Waals surface area (Å²) < 4.78 is 31.3. The lowest BCUT2D eigenvalue weighted by Crippen LogP contribution is -2.42. The SMILES string of the molecule is NS(=O)(=O)NC[C@H]1O[C@@H](n2cnc3c(NC[C@H](O)c4cccc(O)c4)ncnc32)C(O)C1O. The zero-order chi connectivity index (χ0) is 23.8. The fourth-order valence-electron chi connectivity index (χ4n) is 3.54. The number of aliphatic hydroxyl groups is 3. The topological polar surface area (TPSA) is 218 Å². The molecule has 2 unspecified atom stereocenters. The molecular weight excluding hydrogens is 458 g/mol. The second kappa shape index (κ2) is 9.14. The molecular formula is C18H23N7O7S. The van der Waals surface area contributed by atoms with Gasteiger partial charge in [0.1, 0.15) is 30.4 Å². The number of nitrogens with two attached hydrogens (primary N) is 1. The van der Waals surface area contributed by atoms with Gasteiger partial charge in [0, 0.05) is 13.1 Å². The Morgan fingerprint density at radius 1 is 1.21 bits per heavy atom. The molecule has 33 heavy (non-hydrogen) atoms. The molecule has 0 amide bonds. The smallest absolute Gasteiger partial charge is 0.274 e. The number of aromatic hydroxyl groups is 1. The van der Waals surface area contributed by atoms with Crippen LogP contribution in [0.4, 0.5) is 5.82 Å². The lowest BCUT2D eigenvalue weighted by molar-refractivity contribution is -0.0330. The van der Waals surface area contributed by atoms with Crippen LogP contribution in [0.3, 0.4) is 0 Å². The second-order valence-electron chi connectivity index (χ2n) is 7.48.